The molecule has 0 unspecified atom stereocenters. The molecule has 0 aliphatic heterocycles. The van der Waals surface area contributed by atoms with Crippen molar-refractivity contribution in [3.63, 3.8) is 0 Å². The summed E-state index contributed by atoms with van der Waals surface area (Å²) in [5.41, 5.74) is 13.4. The third-order valence-corrected chi connectivity index (χ3v) is 10.4. The lowest BCUT2D eigenvalue weighted by Gasteiger charge is -2.26. The highest BCUT2D eigenvalue weighted by Gasteiger charge is 2.15. The lowest BCUT2D eigenvalue weighted by Crippen LogP contribution is -2.09. The molecule has 0 amide bonds. The first-order valence-corrected chi connectivity index (χ1v) is 18.2. The fraction of sp³-hybridized carbons (Fsp3) is 0. The van der Waals surface area contributed by atoms with Crippen molar-refractivity contribution in [3.05, 3.63) is 207 Å². The van der Waals surface area contributed by atoms with Crippen LogP contribution in [0.1, 0.15) is 0 Å². The van der Waals surface area contributed by atoms with Crippen LogP contribution in [0.5, 0.6) is 0 Å². The summed E-state index contributed by atoms with van der Waals surface area (Å²) in [5.74, 6) is 0. The SMILES string of the molecule is c1ccc2cc(-c3ccc(N(c4ccc(-c5ccc(-c6coc7cnccc67)cc5)cc4)c4ccc(-c5ccc6ccccc6c5)cc4)cc3)ccc2c1. The van der Waals surface area contributed by atoms with Crippen molar-refractivity contribution in [1.29, 1.82) is 0 Å². The number of hydrogen-bond acceptors (Lipinski definition) is 3. The van der Waals surface area contributed by atoms with Crippen LogP contribution in [0.2, 0.25) is 0 Å². The smallest absolute Gasteiger partial charge is 0.152 e. The van der Waals surface area contributed by atoms with Crippen LogP contribution < -0.4 is 4.90 Å². The van der Waals surface area contributed by atoms with E-state index in [-0.39, 0.29) is 0 Å². The van der Waals surface area contributed by atoms with Gasteiger partial charge in [0.15, 0.2) is 5.58 Å². The molecule has 2 aromatic heterocycles. The first kappa shape index (κ1) is 31.5. The van der Waals surface area contributed by atoms with Gasteiger partial charge in [-0.2, -0.15) is 0 Å². The topological polar surface area (TPSA) is 29.3 Å². The zero-order valence-corrected chi connectivity index (χ0v) is 29.4. The first-order valence-electron chi connectivity index (χ1n) is 18.2. The Labute approximate surface area is 314 Å². The molecule has 2 heterocycles. The van der Waals surface area contributed by atoms with Gasteiger partial charge in [-0.25, -0.2) is 0 Å². The van der Waals surface area contributed by atoms with E-state index >= 15 is 0 Å². The van der Waals surface area contributed by atoms with E-state index in [1.165, 1.54) is 43.8 Å². The maximum atomic E-state index is 5.75. The Kier molecular flexibility index (Phi) is 7.81. The van der Waals surface area contributed by atoms with E-state index in [0.717, 1.165) is 50.3 Å². The minimum atomic E-state index is 0.795. The lowest BCUT2D eigenvalue weighted by molar-refractivity contribution is 0.615. The third kappa shape index (κ3) is 5.88. The Morgan fingerprint density at radius 3 is 1.28 bits per heavy atom. The van der Waals surface area contributed by atoms with E-state index in [0.29, 0.717) is 0 Å². The van der Waals surface area contributed by atoms with Gasteiger partial charge in [-0.1, -0.05) is 133 Å². The fourth-order valence-corrected chi connectivity index (χ4v) is 7.54. The summed E-state index contributed by atoms with van der Waals surface area (Å²) < 4.78 is 5.75. The molecule has 0 N–H and O–H groups in total. The molecule has 0 bridgehead atoms. The van der Waals surface area contributed by atoms with Gasteiger partial charge in [0.1, 0.15) is 0 Å². The quantitative estimate of drug-likeness (QED) is 0.167. The second kappa shape index (κ2) is 13.4. The van der Waals surface area contributed by atoms with Crippen molar-refractivity contribution >= 4 is 49.6 Å². The average molecular weight is 691 g/mol. The van der Waals surface area contributed by atoms with Crippen molar-refractivity contribution in [3.8, 4) is 44.5 Å². The van der Waals surface area contributed by atoms with Crippen molar-refractivity contribution in [1.82, 2.24) is 4.98 Å². The highest BCUT2D eigenvalue weighted by molar-refractivity contribution is 5.94. The summed E-state index contributed by atoms with van der Waals surface area (Å²) in [6.07, 6.45) is 5.38. The summed E-state index contributed by atoms with van der Waals surface area (Å²) >= 11 is 0. The van der Waals surface area contributed by atoms with Gasteiger partial charge in [-0.3, -0.25) is 4.98 Å². The van der Waals surface area contributed by atoms with Crippen molar-refractivity contribution in [2.75, 3.05) is 4.90 Å². The number of aromatic nitrogens is 1. The normalized spacial score (nSPS) is 11.3. The van der Waals surface area contributed by atoms with Crippen molar-refractivity contribution in [2.24, 2.45) is 0 Å². The average Bonchev–Trinajstić information content (AvgIpc) is 3.69. The number of benzene rings is 8. The maximum absolute atomic E-state index is 5.75. The zero-order valence-electron chi connectivity index (χ0n) is 29.4. The Balaban J connectivity index is 0.985. The van der Waals surface area contributed by atoms with Gasteiger partial charge in [0, 0.05) is 34.2 Å². The number of rotatable bonds is 7. The number of fused-ring (bicyclic) bond motifs is 3. The van der Waals surface area contributed by atoms with Crippen LogP contribution in [0, 0.1) is 0 Å². The van der Waals surface area contributed by atoms with E-state index in [1.807, 2.05) is 12.3 Å². The number of hydrogen-bond donors (Lipinski definition) is 0. The molecule has 0 atom stereocenters. The van der Waals surface area contributed by atoms with Gasteiger partial charge in [0.05, 0.1) is 12.5 Å². The van der Waals surface area contributed by atoms with Crippen LogP contribution in [0.15, 0.2) is 211 Å². The Hall–Kier alpha value is -7.23. The predicted molar refractivity (Wildman–Crippen MR) is 225 cm³/mol. The molecule has 54 heavy (non-hydrogen) atoms. The highest BCUT2D eigenvalue weighted by Crippen LogP contribution is 2.39. The van der Waals surface area contributed by atoms with Gasteiger partial charge < -0.3 is 9.32 Å². The van der Waals surface area contributed by atoms with Gasteiger partial charge in [0.2, 0.25) is 0 Å². The van der Waals surface area contributed by atoms with Crippen molar-refractivity contribution in [2.45, 2.75) is 0 Å². The summed E-state index contributed by atoms with van der Waals surface area (Å²) in [6, 6.07) is 67.8. The minimum absolute atomic E-state index is 0.795. The molecular formula is C51H34N2O. The van der Waals surface area contributed by atoms with E-state index < -0.39 is 0 Å². The predicted octanol–water partition coefficient (Wildman–Crippen LogP) is 14.3. The minimum Gasteiger partial charge on any atom is -0.462 e. The van der Waals surface area contributed by atoms with E-state index in [2.05, 4.69) is 192 Å². The molecule has 8 aromatic carbocycles. The standard InChI is InChI=1S/C51H34N2O/c1-3-7-42-31-44(15-11-35(42)5-1)39-19-25-47(26-20-39)53(48-27-21-40(22-28-48)45-16-12-36-6-2-4-8-43(36)32-45)46-23-17-38(18-24-46)37-9-13-41(14-10-37)50-34-54-51-33-52-30-29-49(50)51/h1-34H. The molecule has 0 fully saturated rings. The van der Waals surface area contributed by atoms with Gasteiger partial charge >= 0.3 is 0 Å². The van der Waals surface area contributed by atoms with Crippen LogP contribution in [0.25, 0.3) is 77.0 Å². The molecule has 10 rings (SSSR count). The zero-order chi connectivity index (χ0) is 35.8. The van der Waals surface area contributed by atoms with Crippen molar-refractivity contribution < 1.29 is 4.42 Å². The van der Waals surface area contributed by atoms with Crippen LogP contribution in [-0.4, -0.2) is 4.98 Å². The molecule has 254 valence electrons. The van der Waals surface area contributed by atoms with Crippen LogP contribution in [-0.2, 0) is 0 Å². The molecule has 3 heteroatoms. The molecular weight excluding hydrogens is 657 g/mol. The molecule has 0 aliphatic carbocycles. The van der Waals surface area contributed by atoms with E-state index in [9.17, 15) is 0 Å². The van der Waals surface area contributed by atoms with Crippen LogP contribution >= 0.6 is 0 Å². The second-order valence-corrected chi connectivity index (χ2v) is 13.7. The maximum Gasteiger partial charge on any atom is 0.152 e. The third-order valence-electron chi connectivity index (χ3n) is 10.4. The van der Waals surface area contributed by atoms with Gasteiger partial charge in [-0.15, -0.1) is 0 Å². The highest BCUT2D eigenvalue weighted by atomic mass is 16.3. The summed E-state index contributed by atoms with van der Waals surface area (Å²) in [5, 5.41) is 6.06. The molecule has 10 aromatic rings. The Morgan fingerprint density at radius 1 is 0.370 bits per heavy atom. The Morgan fingerprint density at radius 2 is 0.778 bits per heavy atom. The van der Waals surface area contributed by atoms with E-state index in [4.69, 9.17) is 4.42 Å². The largest absolute Gasteiger partial charge is 0.462 e. The van der Waals surface area contributed by atoms with Gasteiger partial charge in [0.25, 0.3) is 0 Å². The summed E-state index contributed by atoms with van der Waals surface area (Å²) in [6.45, 7) is 0. The Bertz CT molecular complexity index is 2780. The first-order chi connectivity index (χ1) is 26.7. The van der Waals surface area contributed by atoms with Gasteiger partial charge in [-0.05, 0) is 115 Å². The monoisotopic (exact) mass is 690 g/mol. The van der Waals surface area contributed by atoms with E-state index in [1.54, 1.807) is 12.4 Å². The number of furan rings is 1. The van der Waals surface area contributed by atoms with Crippen LogP contribution in [0.3, 0.4) is 0 Å². The van der Waals surface area contributed by atoms with Crippen LogP contribution in [0.4, 0.5) is 17.1 Å². The summed E-state index contributed by atoms with van der Waals surface area (Å²) in [4.78, 5) is 6.52. The molecule has 0 saturated carbocycles. The number of nitrogens with zero attached hydrogens (tertiary/aromatic N) is 2. The molecule has 0 spiro atoms. The molecule has 0 radical (unpaired) electrons. The molecule has 0 saturated heterocycles. The summed E-state index contributed by atoms with van der Waals surface area (Å²) in [7, 11) is 0. The molecule has 0 aliphatic rings. The number of anilines is 3. The fourth-order valence-electron chi connectivity index (χ4n) is 7.54. The lowest BCUT2D eigenvalue weighted by atomic mass is 9.99. The second-order valence-electron chi connectivity index (χ2n) is 13.7. The molecule has 3 nitrogen and oxygen atoms in total. The number of pyridine rings is 1.